The molecule has 0 saturated carbocycles. The molecule has 2 aliphatic rings. The van der Waals surface area contributed by atoms with Crippen LogP contribution in [0.15, 0.2) is 29.2 Å². The lowest BCUT2D eigenvalue weighted by Crippen LogP contribution is -2.60. The van der Waals surface area contributed by atoms with Crippen molar-refractivity contribution in [2.24, 2.45) is 0 Å². The van der Waals surface area contributed by atoms with Gasteiger partial charge in [-0.05, 0) is 12.1 Å². The van der Waals surface area contributed by atoms with Crippen molar-refractivity contribution in [1.29, 1.82) is 0 Å². The number of hydrogen-bond donors (Lipinski definition) is 0. The van der Waals surface area contributed by atoms with Crippen molar-refractivity contribution in [2.45, 2.75) is 17.3 Å². The zero-order chi connectivity index (χ0) is 15.9. The Bertz CT molecular complexity index is 719. The highest BCUT2D eigenvalue weighted by atomic mass is 32.2. The molecule has 1 atom stereocenters. The van der Waals surface area contributed by atoms with Crippen LogP contribution in [0.3, 0.4) is 0 Å². The van der Waals surface area contributed by atoms with E-state index in [4.69, 9.17) is 4.74 Å². The summed E-state index contributed by atoms with van der Waals surface area (Å²) in [6, 6.07) is 2.89. The molecule has 8 heteroatoms. The molecule has 0 aromatic carbocycles. The number of hydrogen-bond acceptors (Lipinski definition) is 6. The van der Waals surface area contributed by atoms with E-state index in [9.17, 15) is 9.18 Å². The Balaban J connectivity index is 1.35. The van der Waals surface area contributed by atoms with Crippen LogP contribution in [0.4, 0.5) is 4.39 Å². The fourth-order valence-electron chi connectivity index (χ4n) is 2.99. The number of carbonyl (C=O) groups is 1. The zero-order valence-electron chi connectivity index (χ0n) is 12.1. The van der Waals surface area contributed by atoms with E-state index >= 15 is 0 Å². The summed E-state index contributed by atoms with van der Waals surface area (Å²) in [5.41, 5.74) is 2.18. The smallest absolute Gasteiger partial charge is 0.273 e. The number of nitrogens with zero attached hydrogens (tertiary/aromatic N) is 3. The Hall–Kier alpha value is -1.67. The first-order valence-corrected chi connectivity index (χ1v) is 9.17. The van der Waals surface area contributed by atoms with E-state index in [1.165, 1.54) is 23.6 Å². The largest absolute Gasteiger partial charge is 0.471 e. The molecule has 1 unspecified atom stereocenters. The number of carbonyl (C=O) groups excluding carboxylic acids is 1. The molecule has 1 spiro atoms. The zero-order valence-corrected chi connectivity index (χ0v) is 13.8. The molecular formula is C15H14FN3O2S2. The molecule has 2 fully saturated rings. The van der Waals surface area contributed by atoms with Gasteiger partial charge in [0, 0.05) is 36.8 Å². The van der Waals surface area contributed by atoms with E-state index in [-0.39, 0.29) is 22.6 Å². The summed E-state index contributed by atoms with van der Waals surface area (Å²) in [5.74, 6) is 0.393. The molecule has 120 valence electrons. The predicted molar refractivity (Wildman–Crippen MR) is 86.4 cm³/mol. The first-order valence-electron chi connectivity index (χ1n) is 7.24. The number of halogens is 1. The molecule has 0 radical (unpaired) electrons. The van der Waals surface area contributed by atoms with Gasteiger partial charge in [-0.3, -0.25) is 4.79 Å². The third-order valence-corrected chi connectivity index (χ3v) is 6.24. The van der Waals surface area contributed by atoms with E-state index in [0.717, 1.165) is 12.2 Å². The van der Waals surface area contributed by atoms with E-state index in [2.05, 4.69) is 9.97 Å². The highest BCUT2D eigenvalue weighted by Gasteiger charge is 2.51. The van der Waals surface area contributed by atoms with Crippen LogP contribution in [0.5, 0.6) is 5.88 Å². The summed E-state index contributed by atoms with van der Waals surface area (Å²) in [7, 11) is 0. The normalized spacial score (nSPS) is 22.1. The molecule has 0 aliphatic carbocycles. The van der Waals surface area contributed by atoms with Crippen molar-refractivity contribution >= 4 is 29.0 Å². The molecule has 4 heterocycles. The molecule has 23 heavy (non-hydrogen) atoms. The van der Waals surface area contributed by atoms with E-state index in [1.54, 1.807) is 28.7 Å². The second-order valence-electron chi connectivity index (χ2n) is 5.76. The summed E-state index contributed by atoms with van der Waals surface area (Å²) in [6.45, 7) is 1.39. The molecule has 2 saturated heterocycles. The Kier molecular flexibility index (Phi) is 3.73. The van der Waals surface area contributed by atoms with Gasteiger partial charge in [-0.2, -0.15) is 0 Å². The number of thioether (sulfide) groups is 1. The van der Waals surface area contributed by atoms with Crippen LogP contribution in [0, 0.1) is 5.82 Å². The minimum Gasteiger partial charge on any atom is -0.471 e. The predicted octanol–water partition coefficient (Wildman–Crippen LogP) is 2.46. The average Bonchev–Trinajstić information content (AvgIpc) is 3.17. The van der Waals surface area contributed by atoms with Crippen LogP contribution in [-0.4, -0.2) is 50.5 Å². The van der Waals surface area contributed by atoms with E-state index < -0.39 is 5.82 Å². The van der Waals surface area contributed by atoms with Crippen LogP contribution < -0.4 is 4.74 Å². The average molecular weight is 351 g/mol. The number of thiazole rings is 1. The lowest BCUT2D eigenvalue weighted by molar-refractivity contribution is 0.0509. The molecule has 2 aromatic rings. The quantitative estimate of drug-likeness (QED) is 0.850. The minimum absolute atomic E-state index is 0.0161. The second kappa shape index (κ2) is 5.76. The third kappa shape index (κ3) is 2.81. The van der Waals surface area contributed by atoms with E-state index in [0.29, 0.717) is 18.8 Å². The fourth-order valence-corrected chi connectivity index (χ4v) is 5.04. The van der Waals surface area contributed by atoms with Crippen LogP contribution >= 0.6 is 23.1 Å². The van der Waals surface area contributed by atoms with Crippen molar-refractivity contribution in [3.05, 3.63) is 40.7 Å². The fraction of sp³-hybridized carbons (Fsp3) is 0.400. The van der Waals surface area contributed by atoms with Crippen molar-refractivity contribution < 1.29 is 13.9 Å². The van der Waals surface area contributed by atoms with Gasteiger partial charge in [0.2, 0.25) is 0 Å². The maximum Gasteiger partial charge on any atom is 0.273 e. The second-order valence-corrected chi connectivity index (χ2v) is 7.97. The number of amides is 1. The Labute approximate surface area is 140 Å². The number of aromatic nitrogens is 2. The van der Waals surface area contributed by atoms with Gasteiger partial charge in [0.15, 0.2) is 5.82 Å². The molecule has 0 bridgehead atoms. The van der Waals surface area contributed by atoms with Gasteiger partial charge >= 0.3 is 0 Å². The third-order valence-electron chi connectivity index (χ3n) is 4.07. The summed E-state index contributed by atoms with van der Waals surface area (Å²) in [4.78, 5) is 22.0. The van der Waals surface area contributed by atoms with Crippen LogP contribution in [0.1, 0.15) is 16.9 Å². The molecular weight excluding hydrogens is 337 g/mol. The molecule has 0 N–H and O–H groups in total. The number of rotatable bonds is 3. The van der Waals surface area contributed by atoms with Crippen LogP contribution in [0.25, 0.3) is 0 Å². The monoisotopic (exact) mass is 351 g/mol. The highest BCUT2D eigenvalue weighted by Crippen LogP contribution is 2.46. The summed E-state index contributed by atoms with van der Waals surface area (Å²) in [6.07, 6.45) is 2.25. The molecule has 4 rings (SSSR count). The summed E-state index contributed by atoms with van der Waals surface area (Å²) in [5, 5.41) is 1.77. The number of pyridine rings is 1. The van der Waals surface area contributed by atoms with Crippen LogP contribution in [-0.2, 0) is 0 Å². The molecule has 2 aromatic heterocycles. The van der Waals surface area contributed by atoms with Crippen molar-refractivity contribution in [3.8, 4) is 5.88 Å². The van der Waals surface area contributed by atoms with Gasteiger partial charge in [-0.15, -0.1) is 23.1 Å². The maximum absolute atomic E-state index is 13.6. The maximum atomic E-state index is 13.6. The minimum atomic E-state index is -0.438. The first-order chi connectivity index (χ1) is 11.2. The SMILES string of the molecule is O=C(c1cscn1)N1CC2(CC(Oc3ncccc3F)CS2)C1. The van der Waals surface area contributed by atoms with Gasteiger partial charge in [-0.25, -0.2) is 14.4 Å². The topological polar surface area (TPSA) is 55.3 Å². The molecule has 2 aliphatic heterocycles. The Morgan fingerprint density at radius 1 is 1.43 bits per heavy atom. The molecule has 5 nitrogen and oxygen atoms in total. The van der Waals surface area contributed by atoms with Gasteiger partial charge in [0.05, 0.1) is 10.3 Å². The lowest BCUT2D eigenvalue weighted by Gasteiger charge is -2.47. The molecule has 1 amide bonds. The van der Waals surface area contributed by atoms with E-state index in [1.807, 2.05) is 4.90 Å². The Morgan fingerprint density at radius 3 is 3.04 bits per heavy atom. The Morgan fingerprint density at radius 2 is 2.30 bits per heavy atom. The van der Waals surface area contributed by atoms with Gasteiger partial charge in [0.25, 0.3) is 11.8 Å². The number of likely N-dealkylation sites (tertiary alicyclic amines) is 1. The highest BCUT2D eigenvalue weighted by molar-refractivity contribution is 8.01. The van der Waals surface area contributed by atoms with Crippen molar-refractivity contribution in [1.82, 2.24) is 14.9 Å². The number of ether oxygens (including phenoxy) is 1. The standard InChI is InChI=1S/C15H14FN3O2S2/c16-11-2-1-3-17-13(11)21-10-4-15(23-5-10)7-19(8-15)14(20)12-6-22-9-18-12/h1-3,6,9-10H,4-5,7-8H2. The van der Waals surface area contributed by atoms with Gasteiger partial charge in [-0.1, -0.05) is 0 Å². The summed E-state index contributed by atoms with van der Waals surface area (Å²) >= 11 is 3.22. The first kappa shape index (κ1) is 14.9. The van der Waals surface area contributed by atoms with Crippen LogP contribution in [0.2, 0.25) is 0 Å². The van der Waals surface area contributed by atoms with Gasteiger partial charge in [0.1, 0.15) is 11.8 Å². The lowest BCUT2D eigenvalue weighted by atomic mass is 9.92. The summed E-state index contributed by atoms with van der Waals surface area (Å²) < 4.78 is 19.3. The van der Waals surface area contributed by atoms with Gasteiger partial charge < -0.3 is 9.64 Å². The van der Waals surface area contributed by atoms with Crippen molar-refractivity contribution in [3.63, 3.8) is 0 Å². The van der Waals surface area contributed by atoms with Crippen molar-refractivity contribution in [2.75, 3.05) is 18.8 Å².